The van der Waals surface area contributed by atoms with E-state index in [4.69, 9.17) is 12.2 Å². The second kappa shape index (κ2) is 4.29. The summed E-state index contributed by atoms with van der Waals surface area (Å²) >= 11 is 5.34. The molecule has 0 aliphatic heterocycles. The Labute approximate surface area is 107 Å². The van der Waals surface area contributed by atoms with Crippen molar-refractivity contribution in [3.63, 3.8) is 0 Å². The summed E-state index contributed by atoms with van der Waals surface area (Å²) < 4.78 is 1.77. The van der Waals surface area contributed by atoms with Gasteiger partial charge in [0.15, 0.2) is 5.11 Å². The van der Waals surface area contributed by atoms with Gasteiger partial charge in [-0.25, -0.2) is 0 Å². The van der Waals surface area contributed by atoms with Crippen molar-refractivity contribution in [1.29, 1.82) is 0 Å². The summed E-state index contributed by atoms with van der Waals surface area (Å²) in [6.45, 7) is 0. The van der Waals surface area contributed by atoms with E-state index >= 15 is 0 Å². The van der Waals surface area contributed by atoms with Gasteiger partial charge >= 0.3 is 0 Å². The molecule has 4 nitrogen and oxygen atoms in total. The van der Waals surface area contributed by atoms with Gasteiger partial charge in [-0.15, -0.1) is 0 Å². The fraction of sp³-hybridized carbons (Fsp3) is 0.667. The number of nitrogens with one attached hydrogen (secondary N) is 2. The van der Waals surface area contributed by atoms with Crippen molar-refractivity contribution >= 4 is 23.0 Å². The zero-order chi connectivity index (χ0) is 11.8. The van der Waals surface area contributed by atoms with Crippen molar-refractivity contribution < 1.29 is 0 Å². The normalized spacial score (nSPS) is 30.5. The Bertz CT molecular complexity index is 428. The predicted molar refractivity (Wildman–Crippen MR) is 71.8 cm³/mol. The lowest BCUT2D eigenvalue weighted by Gasteiger charge is -2.24. The number of fused-ring (bicyclic) bond motifs is 2. The molecular weight excluding hydrogens is 232 g/mol. The average Bonchev–Trinajstić information content (AvgIpc) is 2.95. The van der Waals surface area contributed by atoms with Crippen molar-refractivity contribution in [2.45, 2.75) is 31.7 Å². The molecule has 0 unspecified atom stereocenters. The van der Waals surface area contributed by atoms with Crippen LogP contribution in [0, 0.1) is 11.8 Å². The third-order valence-corrected chi connectivity index (χ3v) is 4.24. The lowest BCUT2D eigenvalue weighted by atomic mass is 9.96. The van der Waals surface area contributed by atoms with Crippen LogP contribution in [0.3, 0.4) is 0 Å². The van der Waals surface area contributed by atoms with Gasteiger partial charge in [0.1, 0.15) is 0 Å². The summed E-state index contributed by atoms with van der Waals surface area (Å²) in [5, 5.41) is 11.5. The molecular formula is C12H18N4S. The molecule has 3 atom stereocenters. The van der Waals surface area contributed by atoms with E-state index in [-0.39, 0.29) is 0 Å². The predicted octanol–water partition coefficient (Wildman–Crippen LogP) is 1.90. The van der Waals surface area contributed by atoms with Crippen LogP contribution < -0.4 is 10.6 Å². The van der Waals surface area contributed by atoms with E-state index in [1.54, 1.807) is 10.9 Å². The Hall–Kier alpha value is -1.10. The zero-order valence-corrected chi connectivity index (χ0v) is 10.8. The topological polar surface area (TPSA) is 41.9 Å². The highest BCUT2D eigenvalue weighted by Crippen LogP contribution is 2.44. The molecule has 2 N–H and O–H groups in total. The van der Waals surface area contributed by atoms with Gasteiger partial charge < -0.3 is 10.6 Å². The summed E-state index contributed by atoms with van der Waals surface area (Å²) in [7, 11) is 1.90. The fourth-order valence-corrected chi connectivity index (χ4v) is 3.51. The van der Waals surface area contributed by atoms with Crippen molar-refractivity contribution in [2.24, 2.45) is 18.9 Å². The number of aromatic nitrogens is 2. The molecule has 0 radical (unpaired) electrons. The highest BCUT2D eigenvalue weighted by atomic mass is 32.1. The molecule has 5 heteroatoms. The van der Waals surface area contributed by atoms with Crippen LogP contribution in [-0.4, -0.2) is 20.9 Å². The maximum atomic E-state index is 5.34. The van der Waals surface area contributed by atoms with Crippen LogP contribution in [0.2, 0.25) is 0 Å². The number of anilines is 1. The van der Waals surface area contributed by atoms with Gasteiger partial charge in [-0.3, -0.25) is 4.68 Å². The Morgan fingerprint density at radius 3 is 2.94 bits per heavy atom. The molecule has 0 aromatic carbocycles. The van der Waals surface area contributed by atoms with E-state index in [1.165, 1.54) is 25.7 Å². The van der Waals surface area contributed by atoms with Crippen LogP contribution in [0.1, 0.15) is 25.7 Å². The fourth-order valence-electron chi connectivity index (χ4n) is 3.24. The first-order valence-corrected chi connectivity index (χ1v) is 6.67. The summed E-state index contributed by atoms with van der Waals surface area (Å²) in [4.78, 5) is 0. The zero-order valence-electron chi connectivity index (χ0n) is 10.0. The number of rotatable bonds is 2. The molecule has 2 bridgehead atoms. The Kier molecular flexibility index (Phi) is 2.78. The standard InChI is InChI=1S/C12H18N4S/c1-16-7-10(6-13-16)14-12(17)15-11-5-8-2-3-9(11)4-8/h6-9,11H,2-5H2,1H3,(H2,14,15,17)/t8-,9-,11-/m0/s1. The van der Waals surface area contributed by atoms with Crippen LogP contribution in [0.15, 0.2) is 12.4 Å². The van der Waals surface area contributed by atoms with E-state index in [0.29, 0.717) is 6.04 Å². The lowest BCUT2D eigenvalue weighted by Crippen LogP contribution is -2.40. The number of hydrogen-bond acceptors (Lipinski definition) is 2. The van der Waals surface area contributed by atoms with Crippen LogP contribution in [0.5, 0.6) is 0 Å². The Balaban J connectivity index is 1.54. The number of thiocarbonyl (C=S) groups is 1. The molecule has 92 valence electrons. The van der Waals surface area contributed by atoms with Crippen LogP contribution >= 0.6 is 12.2 Å². The van der Waals surface area contributed by atoms with Gasteiger partial charge in [0, 0.05) is 19.3 Å². The molecule has 1 heterocycles. The maximum Gasteiger partial charge on any atom is 0.171 e. The Morgan fingerprint density at radius 1 is 1.47 bits per heavy atom. The van der Waals surface area contributed by atoms with Gasteiger partial charge in [0.25, 0.3) is 0 Å². The number of hydrogen-bond donors (Lipinski definition) is 2. The highest BCUT2D eigenvalue weighted by Gasteiger charge is 2.39. The molecule has 17 heavy (non-hydrogen) atoms. The summed E-state index contributed by atoms with van der Waals surface area (Å²) in [5.41, 5.74) is 0.952. The third-order valence-electron chi connectivity index (χ3n) is 4.02. The van der Waals surface area contributed by atoms with Crippen LogP contribution in [0.4, 0.5) is 5.69 Å². The van der Waals surface area contributed by atoms with Crippen LogP contribution in [-0.2, 0) is 7.05 Å². The maximum absolute atomic E-state index is 5.34. The number of nitrogens with zero attached hydrogens (tertiary/aromatic N) is 2. The van der Waals surface area contributed by atoms with E-state index in [1.807, 2.05) is 13.2 Å². The quantitative estimate of drug-likeness (QED) is 0.787. The molecule has 0 saturated heterocycles. The van der Waals surface area contributed by atoms with Gasteiger partial charge in [0.2, 0.25) is 0 Å². The average molecular weight is 250 g/mol. The van der Waals surface area contributed by atoms with Gasteiger partial charge in [-0.1, -0.05) is 6.42 Å². The van der Waals surface area contributed by atoms with Gasteiger partial charge in [0.05, 0.1) is 11.9 Å². The minimum absolute atomic E-state index is 0.588. The van der Waals surface area contributed by atoms with Crippen molar-refractivity contribution in [3.8, 4) is 0 Å². The largest absolute Gasteiger partial charge is 0.359 e. The second-order valence-corrected chi connectivity index (χ2v) is 5.69. The highest BCUT2D eigenvalue weighted by molar-refractivity contribution is 7.80. The summed E-state index contributed by atoms with van der Waals surface area (Å²) in [6.07, 6.45) is 9.19. The molecule has 2 fully saturated rings. The Morgan fingerprint density at radius 2 is 2.35 bits per heavy atom. The number of aryl methyl sites for hydroxylation is 1. The molecule has 0 spiro atoms. The first kappa shape index (κ1) is 11.0. The summed E-state index contributed by atoms with van der Waals surface area (Å²) in [5.74, 6) is 1.78. The summed E-state index contributed by atoms with van der Waals surface area (Å²) in [6, 6.07) is 0.588. The molecule has 0 amide bonds. The van der Waals surface area contributed by atoms with Crippen molar-refractivity contribution in [3.05, 3.63) is 12.4 Å². The molecule has 3 rings (SSSR count). The van der Waals surface area contributed by atoms with Crippen LogP contribution in [0.25, 0.3) is 0 Å². The smallest absolute Gasteiger partial charge is 0.171 e. The van der Waals surface area contributed by atoms with Gasteiger partial charge in [-0.05, 0) is 43.3 Å². The lowest BCUT2D eigenvalue weighted by molar-refractivity contribution is 0.392. The first-order chi connectivity index (χ1) is 8.20. The monoisotopic (exact) mass is 250 g/mol. The first-order valence-electron chi connectivity index (χ1n) is 6.27. The molecule has 2 aliphatic carbocycles. The molecule has 1 aromatic rings. The second-order valence-electron chi connectivity index (χ2n) is 5.28. The van der Waals surface area contributed by atoms with E-state index in [9.17, 15) is 0 Å². The molecule has 2 aliphatic rings. The van der Waals surface area contributed by atoms with Crippen molar-refractivity contribution in [1.82, 2.24) is 15.1 Å². The van der Waals surface area contributed by atoms with E-state index in [2.05, 4.69) is 15.7 Å². The molecule has 1 aromatic heterocycles. The third kappa shape index (κ3) is 2.29. The van der Waals surface area contributed by atoms with E-state index < -0.39 is 0 Å². The van der Waals surface area contributed by atoms with Gasteiger partial charge in [-0.2, -0.15) is 5.10 Å². The minimum Gasteiger partial charge on any atom is -0.359 e. The minimum atomic E-state index is 0.588. The van der Waals surface area contributed by atoms with Crippen molar-refractivity contribution in [2.75, 3.05) is 5.32 Å². The molecule has 2 saturated carbocycles. The SMILES string of the molecule is Cn1cc(NC(=S)N[C@H]2C[C@H]3CC[C@H]2C3)cn1. The van der Waals surface area contributed by atoms with E-state index in [0.717, 1.165) is 22.6 Å².